The third-order valence-corrected chi connectivity index (χ3v) is 4.83. The number of aromatic nitrogens is 4. The molecule has 0 atom stereocenters. The van der Waals surface area contributed by atoms with E-state index < -0.39 is 0 Å². The summed E-state index contributed by atoms with van der Waals surface area (Å²) >= 11 is 1.06. The maximum atomic E-state index is 12.2. The molecule has 0 radical (unpaired) electrons. The molecule has 3 rings (SSSR count). The molecular weight excluding hydrogens is 366 g/mol. The first kappa shape index (κ1) is 18.7. The molecule has 1 aromatic carbocycles. The number of nitrogens with one attached hydrogen (secondary N) is 1. The summed E-state index contributed by atoms with van der Waals surface area (Å²) in [5.41, 5.74) is 3.81. The lowest BCUT2D eigenvalue weighted by Crippen LogP contribution is -2.11. The molecule has 2 heterocycles. The van der Waals surface area contributed by atoms with Gasteiger partial charge in [0, 0.05) is 5.69 Å². The van der Waals surface area contributed by atoms with Gasteiger partial charge in [0.1, 0.15) is 10.4 Å². The van der Waals surface area contributed by atoms with E-state index in [0.29, 0.717) is 39.8 Å². The van der Waals surface area contributed by atoms with Gasteiger partial charge in [-0.15, -0.1) is 5.10 Å². The summed E-state index contributed by atoms with van der Waals surface area (Å²) in [7, 11) is 0. The number of nitrogens with zero attached hydrogens (tertiary/aromatic N) is 4. The van der Waals surface area contributed by atoms with Crippen LogP contribution in [0.5, 0.6) is 0 Å². The molecule has 2 aromatic heterocycles. The smallest absolute Gasteiger partial charge is 0.341 e. The number of carbonyl (C=O) groups excluding carboxylic acids is 2. The predicted octanol–water partition coefficient (Wildman–Crippen LogP) is 3.08. The zero-order valence-corrected chi connectivity index (χ0v) is 16.3. The van der Waals surface area contributed by atoms with E-state index in [0.717, 1.165) is 17.2 Å². The average Bonchev–Trinajstić information content (AvgIpc) is 3.19. The number of ether oxygens (including phenoxy) is 1. The van der Waals surface area contributed by atoms with Crippen LogP contribution in [-0.4, -0.2) is 37.9 Å². The van der Waals surface area contributed by atoms with Gasteiger partial charge in [0.15, 0.2) is 0 Å². The summed E-state index contributed by atoms with van der Waals surface area (Å²) in [6, 6.07) is 7.19. The highest BCUT2D eigenvalue weighted by molar-refractivity contribution is 7.08. The number of hydrogen-bond acceptors (Lipinski definition) is 7. The Labute approximate surface area is 160 Å². The van der Waals surface area contributed by atoms with Gasteiger partial charge in [-0.1, -0.05) is 4.49 Å². The third kappa shape index (κ3) is 3.72. The van der Waals surface area contributed by atoms with Crippen LogP contribution >= 0.6 is 11.5 Å². The molecule has 0 aliphatic rings. The van der Waals surface area contributed by atoms with Crippen molar-refractivity contribution in [2.75, 3.05) is 11.9 Å². The van der Waals surface area contributed by atoms with Gasteiger partial charge < -0.3 is 10.1 Å². The minimum atomic E-state index is -0.379. The average molecular weight is 385 g/mol. The van der Waals surface area contributed by atoms with E-state index in [2.05, 4.69) is 20.0 Å². The van der Waals surface area contributed by atoms with Gasteiger partial charge in [0.05, 0.1) is 29.4 Å². The van der Waals surface area contributed by atoms with E-state index in [9.17, 15) is 9.59 Å². The van der Waals surface area contributed by atoms with Gasteiger partial charge in [0.25, 0.3) is 5.91 Å². The van der Waals surface area contributed by atoms with Crippen LogP contribution in [0.25, 0.3) is 5.69 Å². The van der Waals surface area contributed by atoms with Crippen molar-refractivity contribution in [2.24, 2.45) is 0 Å². The predicted molar refractivity (Wildman–Crippen MR) is 102 cm³/mol. The number of esters is 1. The Morgan fingerprint density at radius 2 is 1.85 bits per heavy atom. The van der Waals surface area contributed by atoms with Gasteiger partial charge in [-0.3, -0.25) is 4.79 Å². The summed E-state index contributed by atoms with van der Waals surface area (Å²) in [6.45, 7) is 7.42. The highest BCUT2D eigenvalue weighted by Gasteiger charge is 2.20. The summed E-state index contributed by atoms with van der Waals surface area (Å²) in [4.78, 5) is 24.8. The van der Waals surface area contributed by atoms with Gasteiger partial charge in [-0.25, -0.2) is 9.48 Å². The van der Waals surface area contributed by atoms with Crippen molar-refractivity contribution < 1.29 is 14.3 Å². The molecule has 1 N–H and O–H groups in total. The van der Waals surface area contributed by atoms with Crippen molar-refractivity contribution in [1.29, 1.82) is 0 Å². The van der Waals surface area contributed by atoms with E-state index in [1.165, 1.54) is 0 Å². The fourth-order valence-electron chi connectivity index (χ4n) is 2.71. The number of aryl methyl sites for hydroxylation is 2. The van der Waals surface area contributed by atoms with Crippen molar-refractivity contribution >= 4 is 29.1 Å². The lowest BCUT2D eigenvalue weighted by Gasteiger charge is -2.08. The van der Waals surface area contributed by atoms with Crippen molar-refractivity contribution in [3.05, 3.63) is 51.8 Å². The molecule has 0 spiro atoms. The van der Waals surface area contributed by atoms with Crippen LogP contribution in [-0.2, 0) is 4.74 Å². The first-order valence-electron chi connectivity index (χ1n) is 8.36. The first-order valence-corrected chi connectivity index (χ1v) is 9.13. The quantitative estimate of drug-likeness (QED) is 0.678. The van der Waals surface area contributed by atoms with Crippen LogP contribution in [0.3, 0.4) is 0 Å². The van der Waals surface area contributed by atoms with Crippen LogP contribution in [0.1, 0.15) is 44.0 Å². The van der Waals surface area contributed by atoms with Crippen molar-refractivity contribution in [3.63, 3.8) is 0 Å². The number of hydrogen-bond donors (Lipinski definition) is 1. The Hall–Kier alpha value is -3.07. The second-order valence-electron chi connectivity index (χ2n) is 5.87. The SMILES string of the molecule is CCOC(=O)c1c(C)nn(-c2ccc(NC(=O)c3snnc3C)cc2)c1C. The van der Waals surface area contributed by atoms with Crippen molar-refractivity contribution in [1.82, 2.24) is 19.4 Å². The lowest BCUT2D eigenvalue weighted by atomic mass is 10.2. The van der Waals surface area contributed by atoms with E-state index in [1.807, 2.05) is 19.1 Å². The molecule has 0 saturated carbocycles. The van der Waals surface area contributed by atoms with Gasteiger partial charge in [-0.2, -0.15) is 5.10 Å². The minimum absolute atomic E-state index is 0.244. The molecule has 3 aromatic rings. The van der Waals surface area contributed by atoms with Crippen LogP contribution < -0.4 is 5.32 Å². The molecule has 1 amide bonds. The Morgan fingerprint density at radius 1 is 1.15 bits per heavy atom. The monoisotopic (exact) mass is 385 g/mol. The maximum Gasteiger partial charge on any atom is 0.341 e. The molecule has 0 unspecified atom stereocenters. The summed E-state index contributed by atoms with van der Waals surface area (Å²) in [5, 5.41) is 11.1. The van der Waals surface area contributed by atoms with Gasteiger partial charge in [-0.05, 0) is 63.5 Å². The van der Waals surface area contributed by atoms with Crippen molar-refractivity contribution in [2.45, 2.75) is 27.7 Å². The molecule has 140 valence electrons. The molecule has 27 heavy (non-hydrogen) atoms. The van der Waals surface area contributed by atoms with E-state index in [-0.39, 0.29) is 11.9 Å². The Morgan fingerprint density at radius 3 is 2.44 bits per heavy atom. The van der Waals surface area contributed by atoms with Crippen LogP contribution in [0, 0.1) is 20.8 Å². The topological polar surface area (TPSA) is 99.0 Å². The van der Waals surface area contributed by atoms with Gasteiger partial charge >= 0.3 is 5.97 Å². The zero-order chi connectivity index (χ0) is 19.6. The lowest BCUT2D eigenvalue weighted by molar-refractivity contribution is 0.0524. The van der Waals surface area contributed by atoms with E-state index >= 15 is 0 Å². The Balaban J connectivity index is 1.82. The van der Waals surface area contributed by atoms with E-state index in [1.54, 1.807) is 37.6 Å². The van der Waals surface area contributed by atoms with Crippen LogP contribution in [0.2, 0.25) is 0 Å². The van der Waals surface area contributed by atoms with Gasteiger partial charge in [0.2, 0.25) is 0 Å². The van der Waals surface area contributed by atoms with Crippen LogP contribution in [0.4, 0.5) is 5.69 Å². The summed E-state index contributed by atoms with van der Waals surface area (Å²) < 4.78 is 10.5. The molecule has 8 nitrogen and oxygen atoms in total. The number of benzene rings is 1. The molecule has 9 heteroatoms. The fourth-order valence-corrected chi connectivity index (χ4v) is 3.26. The normalized spacial score (nSPS) is 10.7. The Kier molecular flexibility index (Phi) is 5.31. The molecule has 0 aliphatic heterocycles. The zero-order valence-electron chi connectivity index (χ0n) is 15.4. The molecule has 0 saturated heterocycles. The Bertz CT molecular complexity index is 991. The molecule has 0 aliphatic carbocycles. The third-order valence-electron chi connectivity index (χ3n) is 4.00. The minimum Gasteiger partial charge on any atom is -0.462 e. The molecule has 0 fully saturated rings. The highest BCUT2D eigenvalue weighted by atomic mass is 32.1. The summed E-state index contributed by atoms with van der Waals surface area (Å²) in [5.74, 6) is -0.623. The fraction of sp³-hybridized carbons (Fsp3) is 0.278. The maximum absolute atomic E-state index is 12.2. The molecule has 0 bridgehead atoms. The number of rotatable bonds is 5. The van der Waals surface area contributed by atoms with Crippen LogP contribution in [0.15, 0.2) is 24.3 Å². The number of carbonyl (C=O) groups is 2. The second-order valence-corrected chi connectivity index (χ2v) is 6.62. The standard InChI is InChI=1S/C18H19N5O3S/c1-5-26-18(25)15-10(2)21-23(12(15)4)14-8-6-13(7-9-14)19-17(24)16-11(3)20-22-27-16/h6-9H,5H2,1-4H3,(H,19,24). The van der Waals surface area contributed by atoms with Crippen molar-refractivity contribution in [3.8, 4) is 5.69 Å². The summed E-state index contributed by atoms with van der Waals surface area (Å²) in [6.07, 6.45) is 0. The highest BCUT2D eigenvalue weighted by Crippen LogP contribution is 2.21. The van der Waals surface area contributed by atoms with E-state index in [4.69, 9.17) is 4.74 Å². The number of anilines is 1. The molecular formula is C18H19N5O3S. The largest absolute Gasteiger partial charge is 0.462 e. The first-order chi connectivity index (χ1) is 12.9. The second kappa shape index (κ2) is 7.67. The number of amides is 1.